The molecule has 5 nitrogen and oxygen atoms in total. The van der Waals surface area contributed by atoms with Crippen molar-refractivity contribution >= 4 is 17.6 Å². The summed E-state index contributed by atoms with van der Waals surface area (Å²) in [6.07, 6.45) is 1.21. The highest BCUT2D eigenvalue weighted by Crippen LogP contribution is 2.22. The molecule has 1 aromatic carbocycles. The molecule has 1 unspecified atom stereocenters. The summed E-state index contributed by atoms with van der Waals surface area (Å²) < 4.78 is 0. The molecule has 0 spiro atoms. The van der Waals surface area contributed by atoms with E-state index in [0.29, 0.717) is 0 Å². The minimum Gasteiger partial charge on any atom is -0.481 e. The molecule has 4 N–H and O–H groups in total. The largest absolute Gasteiger partial charge is 0.481 e. The van der Waals surface area contributed by atoms with Crippen molar-refractivity contribution in [1.82, 2.24) is 0 Å². The van der Waals surface area contributed by atoms with Gasteiger partial charge < -0.3 is 16.2 Å². The number of rotatable bonds is 6. The molecule has 1 atom stereocenters. The smallest absolute Gasteiger partial charge is 0.305 e. The fraction of sp³-hybridized carbons (Fsp3) is 0.429. The van der Waals surface area contributed by atoms with Crippen LogP contribution in [-0.4, -0.2) is 23.0 Å². The van der Waals surface area contributed by atoms with E-state index in [-0.39, 0.29) is 6.42 Å². The Morgan fingerprint density at radius 3 is 2.21 bits per heavy atom. The predicted octanol–water partition coefficient (Wildman–Crippen LogP) is 1.55. The van der Waals surface area contributed by atoms with E-state index in [1.165, 1.54) is 0 Å². The molecule has 0 heterocycles. The van der Waals surface area contributed by atoms with Crippen molar-refractivity contribution < 1.29 is 14.7 Å². The highest BCUT2D eigenvalue weighted by atomic mass is 16.4. The van der Waals surface area contributed by atoms with E-state index in [2.05, 4.69) is 5.32 Å². The number of benzene rings is 1. The molecule has 0 fully saturated rings. The van der Waals surface area contributed by atoms with Crippen LogP contribution in [0.4, 0.5) is 5.69 Å². The van der Waals surface area contributed by atoms with Crippen molar-refractivity contribution in [3.8, 4) is 0 Å². The molecule has 1 aromatic rings. The average molecular weight is 264 g/mol. The number of carbonyl (C=O) groups excluding carboxylic acids is 1. The maximum Gasteiger partial charge on any atom is 0.305 e. The van der Waals surface area contributed by atoms with Crippen LogP contribution in [-0.2, 0) is 22.4 Å². The topological polar surface area (TPSA) is 92.4 Å². The second kappa shape index (κ2) is 6.89. The number of hydrogen-bond acceptors (Lipinski definition) is 3. The normalized spacial score (nSPS) is 11.9. The van der Waals surface area contributed by atoms with E-state index >= 15 is 0 Å². The molecule has 0 saturated heterocycles. The second-order valence-electron chi connectivity index (χ2n) is 4.35. The molecule has 5 heteroatoms. The van der Waals surface area contributed by atoms with Gasteiger partial charge in [-0.3, -0.25) is 9.59 Å². The van der Waals surface area contributed by atoms with Crippen LogP contribution < -0.4 is 11.1 Å². The lowest BCUT2D eigenvalue weighted by Gasteiger charge is -2.16. The molecule has 0 saturated carbocycles. The predicted molar refractivity (Wildman–Crippen MR) is 74.1 cm³/mol. The van der Waals surface area contributed by atoms with Crippen molar-refractivity contribution in [3.05, 3.63) is 29.3 Å². The van der Waals surface area contributed by atoms with Gasteiger partial charge in [-0.15, -0.1) is 0 Å². The number of anilines is 1. The maximum atomic E-state index is 11.9. The number of carboxylic acid groups (broad SMARTS) is 1. The van der Waals surface area contributed by atoms with Gasteiger partial charge in [-0.05, 0) is 24.0 Å². The van der Waals surface area contributed by atoms with Crippen LogP contribution in [0.25, 0.3) is 0 Å². The number of carbonyl (C=O) groups is 2. The average Bonchev–Trinajstić information content (AvgIpc) is 2.37. The third-order valence-electron chi connectivity index (χ3n) is 2.98. The van der Waals surface area contributed by atoms with Crippen molar-refractivity contribution in [1.29, 1.82) is 0 Å². The van der Waals surface area contributed by atoms with E-state index in [1.807, 2.05) is 32.0 Å². The zero-order valence-corrected chi connectivity index (χ0v) is 11.3. The Labute approximate surface area is 112 Å². The zero-order chi connectivity index (χ0) is 14.4. The molecule has 0 aliphatic rings. The quantitative estimate of drug-likeness (QED) is 0.727. The summed E-state index contributed by atoms with van der Waals surface area (Å²) in [5, 5.41) is 11.4. The third kappa shape index (κ3) is 4.06. The second-order valence-corrected chi connectivity index (χ2v) is 4.35. The summed E-state index contributed by atoms with van der Waals surface area (Å²) in [4.78, 5) is 22.4. The monoisotopic (exact) mass is 264 g/mol. The van der Waals surface area contributed by atoms with Gasteiger partial charge in [-0.25, -0.2) is 0 Å². The van der Waals surface area contributed by atoms with Crippen LogP contribution in [0.3, 0.4) is 0 Å². The summed E-state index contributed by atoms with van der Waals surface area (Å²) in [6, 6.07) is 4.80. The zero-order valence-electron chi connectivity index (χ0n) is 11.3. The Hall–Kier alpha value is -1.88. The lowest BCUT2D eigenvalue weighted by atomic mass is 10.0. The van der Waals surface area contributed by atoms with Crippen molar-refractivity contribution in [3.63, 3.8) is 0 Å². The third-order valence-corrected chi connectivity index (χ3v) is 2.98. The number of nitrogens with one attached hydrogen (secondary N) is 1. The van der Waals surface area contributed by atoms with Gasteiger partial charge in [0.2, 0.25) is 5.91 Å². The molecule has 1 rings (SSSR count). The molecule has 19 heavy (non-hydrogen) atoms. The summed E-state index contributed by atoms with van der Waals surface area (Å²) in [5.74, 6) is -1.54. The van der Waals surface area contributed by atoms with Crippen LogP contribution in [0.15, 0.2) is 18.2 Å². The van der Waals surface area contributed by atoms with Crippen LogP contribution in [0.2, 0.25) is 0 Å². The summed E-state index contributed by atoms with van der Waals surface area (Å²) in [7, 11) is 0. The van der Waals surface area contributed by atoms with Crippen molar-refractivity contribution in [2.45, 2.75) is 39.2 Å². The standard InChI is InChI=1S/C14H20N2O3/c1-3-9-6-5-7-10(4-2)13(9)16-14(19)11(15)8-12(17)18/h5-7,11H,3-4,8,15H2,1-2H3,(H,16,19)(H,17,18). The minimum atomic E-state index is -1.08. The van der Waals surface area contributed by atoms with Crippen molar-refractivity contribution in [2.75, 3.05) is 5.32 Å². The SMILES string of the molecule is CCc1cccc(CC)c1NC(=O)C(N)CC(=O)O. The van der Waals surface area contributed by atoms with Crippen LogP contribution in [0.1, 0.15) is 31.4 Å². The molecule has 0 aliphatic heterocycles. The first-order valence-corrected chi connectivity index (χ1v) is 6.38. The fourth-order valence-electron chi connectivity index (χ4n) is 1.90. The number of aryl methyl sites for hydroxylation is 2. The first-order valence-electron chi connectivity index (χ1n) is 6.38. The molecule has 0 aromatic heterocycles. The van der Waals surface area contributed by atoms with Gasteiger partial charge in [0.05, 0.1) is 12.5 Å². The molecule has 0 aliphatic carbocycles. The van der Waals surface area contributed by atoms with Gasteiger partial charge in [0.1, 0.15) is 0 Å². The Balaban J connectivity index is 2.92. The highest BCUT2D eigenvalue weighted by Gasteiger charge is 2.19. The van der Waals surface area contributed by atoms with Gasteiger partial charge in [0.25, 0.3) is 0 Å². The van der Waals surface area contributed by atoms with Crippen molar-refractivity contribution in [2.24, 2.45) is 5.73 Å². The lowest BCUT2D eigenvalue weighted by molar-refractivity contribution is -0.138. The Morgan fingerprint density at radius 1 is 1.26 bits per heavy atom. The first-order chi connectivity index (χ1) is 8.99. The Bertz CT molecular complexity index is 450. The lowest BCUT2D eigenvalue weighted by Crippen LogP contribution is -2.37. The minimum absolute atomic E-state index is 0.373. The highest BCUT2D eigenvalue weighted by molar-refractivity contribution is 5.97. The van der Waals surface area contributed by atoms with Gasteiger partial charge in [-0.2, -0.15) is 0 Å². The molecular formula is C14H20N2O3. The van der Waals surface area contributed by atoms with Gasteiger partial charge in [0.15, 0.2) is 0 Å². The van der Waals surface area contributed by atoms with Gasteiger partial charge in [0, 0.05) is 5.69 Å². The summed E-state index contributed by atoms with van der Waals surface area (Å²) >= 11 is 0. The Morgan fingerprint density at radius 2 is 1.79 bits per heavy atom. The van der Waals surface area contributed by atoms with Gasteiger partial charge in [-0.1, -0.05) is 32.0 Å². The number of aliphatic carboxylic acids is 1. The number of para-hydroxylation sites is 1. The number of nitrogens with two attached hydrogens (primary N) is 1. The number of carboxylic acids is 1. The molecule has 1 amide bonds. The van der Waals surface area contributed by atoms with E-state index < -0.39 is 17.9 Å². The van der Waals surface area contributed by atoms with E-state index in [0.717, 1.165) is 29.7 Å². The van der Waals surface area contributed by atoms with E-state index in [1.54, 1.807) is 0 Å². The molecule has 0 radical (unpaired) electrons. The molecule has 104 valence electrons. The Kier molecular flexibility index (Phi) is 5.51. The number of amides is 1. The van der Waals surface area contributed by atoms with Gasteiger partial charge >= 0.3 is 5.97 Å². The van der Waals surface area contributed by atoms with E-state index in [9.17, 15) is 9.59 Å². The number of hydrogen-bond donors (Lipinski definition) is 3. The van der Waals surface area contributed by atoms with Crippen LogP contribution in [0.5, 0.6) is 0 Å². The van der Waals surface area contributed by atoms with Crippen LogP contribution in [0, 0.1) is 0 Å². The summed E-state index contributed by atoms with van der Waals surface area (Å²) in [6.45, 7) is 4.00. The first kappa shape index (κ1) is 15.2. The molecule has 0 bridgehead atoms. The van der Waals surface area contributed by atoms with Crippen LogP contribution >= 0.6 is 0 Å². The summed E-state index contributed by atoms with van der Waals surface area (Å²) in [5.41, 5.74) is 8.37. The molecular weight excluding hydrogens is 244 g/mol. The maximum absolute atomic E-state index is 11.9. The fourth-order valence-corrected chi connectivity index (χ4v) is 1.90. The van der Waals surface area contributed by atoms with E-state index in [4.69, 9.17) is 10.8 Å².